The lowest BCUT2D eigenvalue weighted by atomic mass is 10.2. The Hall–Kier alpha value is -1.67. The second kappa shape index (κ2) is 6.84. The van der Waals surface area contributed by atoms with Crippen molar-refractivity contribution in [3.8, 4) is 5.69 Å². The van der Waals surface area contributed by atoms with Gasteiger partial charge in [-0.05, 0) is 61.0 Å². The van der Waals surface area contributed by atoms with Crippen molar-refractivity contribution in [1.82, 2.24) is 25.1 Å². The lowest BCUT2D eigenvalue weighted by molar-refractivity contribution is -0.137. The lowest BCUT2D eigenvalue weighted by Gasteiger charge is -2.19. The van der Waals surface area contributed by atoms with E-state index in [0.29, 0.717) is 24.1 Å². The predicted molar refractivity (Wildman–Crippen MR) is 80.5 cm³/mol. The molecule has 126 valence electrons. The van der Waals surface area contributed by atoms with E-state index in [2.05, 4.69) is 27.3 Å². The first-order valence-corrected chi connectivity index (χ1v) is 7.14. The highest BCUT2D eigenvalue weighted by Gasteiger charge is 2.30. The van der Waals surface area contributed by atoms with Crippen LogP contribution >= 0.6 is 12.4 Å². The standard InChI is InChI=1S/C14H16F3N5.ClH/c1-10-3-2-8-21(10)9-13-18-19-20-22(13)12-6-4-11(5-7-12)14(15,16)17;/h4-7,10H,2-3,8-9H2,1H3;1H/t10-;/m0./s1. The third kappa shape index (κ3) is 3.81. The number of nitrogens with zero attached hydrogens (tertiary/aromatic N) is 5. The van der Waals surface area contributed by atoms with E-state index in [1.165, 1.54) is 16.8 Å². The fourth-order valence-corrected chi connectivity index (χ4v) is 2.71. The van der Waals surface area contributed by atoms with Gasteiger partial charge in [0.15, 0.2) is 5.82 Å². The number of rotatable bonds is 3. The molecule has 0 amide bonds. The molecule has 0 unspecified atom stereocenters. The van der Waals surface area contributed by atoms with Crippen LogP contribution in [0.3, 0.4) is 0 Å². The van der Waals surface area contributed by atoms with Crippen LogP contribution in [0.1, 0.15) is 31.2 Å². The second-order valence-electron chi connectivity index (χ2n) is 5.51. The minimum Gasteiger partial charge on any atom is -0.293 e. The molecule has 0 saturated carbocycles. The molecule has 0 radical (unpaired) electrons. The number of hydrogen-bond acceptors (Lipinski definition) is 4. The van der Waals surface area contributed by atoms with Crippen molar-refractivity contribution < 1.29 is 13.2 Å². The number of likely N-dealkylation sites (tertiary alicyclic amines) is 1. The molecule has 1 atom stereocenters. The summed E-state index contributed by atoms with van der Waals surface area (Å²) in [7, 11) is 0. The van der Waals surface area contributed by atoms with Crippen molar-refractivity contribution in [3.05, 3.63) is 35.7 Å². The molecule has 5 nitrogen and oxygen atoms in total. The number of hydrogen-bond donors (Lipinski definition) is 0. The maximum absolute atomic E-state index is 12.6. The van der Waals surface area contributed by atoms with Crippen LogP contribution in [0.25, 0.3) is 5.69 Å². The summed E-state index contributed by atoms with van der Waals surface area (Å²) >= 11 is 0. The average molecular weight is 348 g/mol. The summed E-state index contributed by atoms with van der Waals surface area (Å²) in [6.07, 6.45) is -2.06. The molecule has 0 bridgehead atoms. The van der Waals surface area contributed by atoms with E-state index in [4.69, 9.17) is 0 Å². The van der Waals surface area contributed by atoms with Crippen LogP contribution in [0.4, 0.5) is 13.2 Å². The first-order valence-electron chi connectivity index (χ1n) is 7.14. The Balaban J connectivity index is 0.00000192. The lowest BCUT2D eigenvalue weighted by Crippen LogP contribution is -2.27. The van der Waals surface area contributed by atoms with Gasteiger partial charge in [0.1, 0.15) is 0 Å². The van der Waals surface area contributed by atoms with Gasteiger partial charge in [0, 0.05) is 6.04 Å². The Kier molecular flexibility index (Phi) is 5.26. The average Bonchev–Trinajstić information content (AvgIpc) is 3.09. The van der Waals surface area contributed by atoms with Gasteiger partial charge in [0.2, 0.25) is 0 Å². The zero-order chi connectivity index (χ0) is 15.7. The second-order valence-corrected chi connectivity index (χ2v) is 5.51. The molecular weight excluding hydrogens is 331 g/mol. The number of halogens is 4. The smallest absolute Gasteiger partial charge is 0.293 e. The summed E-state index contributed by atoms with van der Waals surface area (Å²) in [6.45, 7) is 3.73. The van der Waals surface area contributed by atoms with Crippen LogP contribution < -0.4 is 0 Å². The number of aromatic nitrogens is 4. The molecule has 2 aromatic rings. The van der Waals surface area contributed by atoms with E-state index in [9.17, 15) is 13.2 Å². The molecule has 3 rings (SSSR count). The third-order valence-electron chi connectivity index (χ3n) is 4.01. The summed E-state index contributed by atoms with van der Waals surface area (Å²) in [5.41, 5.74) is -0.154. The van der Waals surface area contributed by atoms with E-state index < -0.39 is 11.7 Å². The Bertz CT molecular complexity index is 641. The molecule has 9 heteroatoms. The Morgan fingerprint density at radius 3 is 2.48 bits per heavy atom. The van der Waals surface area contributed by atoms with Gasteiger partial charge in [-0.1, -0.05) is 0 Å². The van der Waals surface area contributed by atoms with Crippen molar-refractivity contribution in [2.45, 2.75) is 38.5 Å². The van der Waals surface area contributed by atoms with Crippen molar-refractivity contribution in [3.63, 3.8) is 0 Å². The zero-order valence-electron chi connectivity index (χ0n) is 12.5. The summed E-state index contributed by atoms with van der Waals surface area (Å²) < 4.78 is 39.3. The van der Waals surface area contributed by atoms with E-state index in [0.717, 1.165) is 31.5 Å². The van der Waals surface area contributed by atoms with Crippen molar-refractivity contribution in [2.24, 2.45) is 0 Å². The first kappa shape index (κ1) is 17.7. The molecule has 23 heavy (non-hydrogen) atoms. The highest BCUT2D eigenvalue weighted by Crippen LogP contribution is 2.29. The maximum Gasteiger partial charge on any atom is 0.416 e. The molecule has 1 aliphatic rings. The van der Waals surface area contributed by atoms with Crippen LogP contribution in [-0.4, -0.2) is 37.7 Å². The SMILES string of the molecule is C[C@H]1CCCN1Cc1nnnn1-c1ccc(C(F)(F)F)cc1.Cl. The van der Waals surface area contributed by atoms with Gasteiger partial charge in [0.25, 0.3) is 0 Å². The normalized spacial score (nSPS) is 18.9. The monoisotopic (exact) mass is 347 g/mol. The Morgan fingerprint density at radius 2 is 1.91 bits per heavy atom. The van der Waals surface area contributed by atoms with Gasteiger partial charge in [0.05, 0.1) is 17.8 Å². The molecular formula is C14H17ClF3N5. The van der Waals surface area contributed by atoms with Crippen LogP contribution in [-0.2, 0) is 12.7 Å². The summed E-state index contributed by atoms with van der Waals surface area (Å²) in [6, 6.07) is 5.32. The number of alkyl halides is 3. The van der Waals surface area contributed by atoms with Gasteiger partial charge < -0.3 is 0 Å². The summed E-state index contributed by atoms with van der Waals surface area (Å²) in [4.78, 5) is 2.27. The first-order chi connectivity index (χ1) is 10.4. The molecule has 1 aromatic carbocycles. The Labute approximate surface area is 137 Å². The Morgan fingerprint density at radius 1 is 1.22 bits per heavy atom. The predicted octanol–water partition coefficient (Wildman–Crippen LogP) is 3.09. The van der Waals surface area contributed by atoms with Crippen molar-refractivity contribution in [1.29, 1.82) is 0 Å². The fourth-order valence-electron chi connectivity index (χ4n) is 2.71. The van der Waals surface area contributed by atoms with Gasteiger partial charge in [-0.25, -0.2) is 0 Å². The van der Waals surface area contributed by atoms with Crippen molar-refractivity contribution in [2.75, 3.05) is 6.54 Å². The highest BCUT2D eigenvalue weighted by atomic mass is 35.5. The molecule has 1 aromatic heterocycles. The maximum atomic E-state index is 12.6. The summed E-state index contributed by atoms with van der Waals surface area (Å²) in [5.74, 6) is 0.633. The van der Waals surface area contributed by atoms with E-state index in [-0.39, 0.29) is 12.4 Å². The zero-order valence-corrected chi connectivity index (χ0v) is 13.3. The van der Waals surface area contributed by atoms with Crippen LogP contribution in [0.15, 0.2) is 24.3 Å². The molecule has 0 aliphatic carbocycles. The quantitative estimate of drug-likeness (QED) is 0.856. The number of benzene rings is 1. The minimum atomic E-state index is -4.34. The van der Waals surface area contributed by atoms with Gasteiger partial charge in [-0.2, -0.15) is 17.9 Å². The van der Waals surface area contributed by atoms with Gasteiger partial charge in [-0.3, -0.25) is 4.90 Å². The van der Waals surface area contributed by atoms with Gasteiger partial charge >= 0.3 is 6.18 Å². The highest BCUT2D eigenvalue weighted by molar-refractivity contribution is 5.85. The van der Waals surface area contributed by atoms with E-state index in [1.54, 1.807) is 0 Å². The van der Waals surface area contributed by atoms with Crippen LogP contribution in [0.2, 0.25) is 0 Å². The van der Waals surface area contributed by atoms with Crippen molar-refractivity contribution >= 4 is 12.4 Å². The topological polar surface area (TPSA) is 46.8 Å². The molecule has 2 heterocycles. The van der Waals surface area contributed by atoms with Crippen LogP contribution in [0, 0.1) is 0 Å². The van der Waals surface area contributed by atoms with E-state index >= 15 is 0 Å². The van der Waals surface area contributed by atoms with Gasteiger partial charge in [-0.15, -0.1) is 17.5 Å². The molecule has 0 spiro atoms. The molecule has 1 saturated heterocycles. The largest absolute Gasteiger partial charge is 0.416 e. The van der Waals surface area contributed by atoms with E-state index in [1.807, 2.05) is 0 Å². The molecule has 1 fully saturated rings. The number of tetrazole rings is 1. The fraction of sp³-hybridized carbons (Fsp3) is 0.500. The molecule has 1 aliphatic heterocycles. The molecule has 0 N–H and O–H groups in total. The minimum absolute atomic E-state index is 0. The third-order valence-corrected chi connectivity index (χ3v) is 4.01. The van der Waals surface area contributed by atoms with Crippen LogP contribution in [0.5, 0.6) is 0 Å². The summed E-state index contributed by atoms with van der Waals surface area (Å²) in [5, 5.41) is 11.5.